The van der Waals surface area contributed by atoms with Gasteiger partial charge in [-0.25, -0.2) is 4.98 Å². The zero-order valence-corrected chi connectivity index (χ0v) is 7.48. The lowest BCUT2D eigenvalue weighted by Crippen LogP contribution is -2.02. The summed E-state index contributed by atoms with van der Waals surface area (Å²) in [4.78, 5) is 12.6. The van der Waals surface area contributed by atoms with E-state index in [0.717, 1.165) is 6.21 Å². The highest BCUT2D eigenvalue weighted by Crippen LogP contribution is 1.96. The van der Waals surface area contributed by atoms with Crippen molar-refractivity contribution in [1.29, 1.82) is 5.41 Å². The van der Waals surface area contributed by atoms with Gasteiger partial charge in [0.15, 0.2) is 0 Å². The molecule has 1 aromatic rings. The Morgan fingerprint density at radius 1 is 1.62 bits per heavy atom. The molecule has 0 amide bonds. The van der Waals surface area contributed by atoms with E-state index in [4.69, 9.17) is 5.41 Å². The fourth-order valence-electron chi connectivity index (χ4n) is 0.809. The fraction of sp³-hybridized carbons (Fsp3) is 0.250. The molecule has 1 aromatic heterocycles. The molecule has 0 unspecified atom stereocenters. The molecule has 0 saturated heterocycles. The molecule has 0 aromatic carbocycles. The second-order valence-corrected chi connectivity index (χ2v) is 2.33. The molecule has 5 heteroatoms. The second kappa shape index (κ2) is 4.30. The minimum absolute atomic E-state index is 0.503. The Kier molecular flexibility index (Phi) is 3.08. The third-order valence-corrected chi connectivity index (χ3v) is 1.40. The van der Waals surface area contributed by atoms with Crippen LogP contribution in [0.25, 0.3) is 0 Å². The summed E-state index contributed by atoms with van der Waals surface area (Å²) in [5, 5.41) is 10.7. The highest BCUT2D eigenvalue weighted by atomic mass is 16.6. The lowest BCUT2D eigenvalue weighted by Gasteiger charge is -1.98. The van der Waals surface area contributed by atoms with Gasteiger partial charge in [0, 0.05) is 6.21 Å². The van der Waals surface area contributed by atoms with Crippen LogP contribution in [0.3, 0.4) is 0 Å². The smallest absolute Gasteiger partial charge is 0.107 e. The topological polar surface area (TPSA) is 71.2 Å². The van der Waals surface area contributed by atoms with Crippen molar-refractivity contribution in [3.8, 4) is 0 Å². The monoisotopic (exact) mass is 178 g/mol. The number of oxime groups is 1. The number of rotatable bonds is 3. The third-order valence-electron chi connectivity index (χ3n) is 1.40. The molecule has 0 fully saturated rings. The van der Waals surface area contributed by atoms with Crippen molar-refractivity contribution < 1.29 is 4.84 Å². The summed E-state index contributed by atoms with van der Waals surface area (Å²) in [7, 11) is 1.47. The van der Waals surface area contributed by atoms with Gasteiger partial charge in [0.1, 0.15) is 18.5 Å². The first-order valence-electron chi connectivity index (χ1n) is 3.68. The Labute approximate surface area is 76.0 Å². The largest absolute Gasteiger partial charge is 0.399 e. The molecule has 5 nitrogen and oxygen atoms in total. The molecule has 0 radical (unpaired) electrons. The van der Waals surface area contributed by atoms with E-state index in [1.54, 1.807) is 13.1 Å². The quantitative estimate of drug-likeness (QED) is 0.550. The van der Waals surface area contributed by atoms with Crippen LogP contribution >= 0.6 is 0 Å². The van der Waals surface area contributed by atoms with Gasteiger partial charge in [0.2, 0.25) is 0 Å². The molecule has 0 aliphatic carbocycles. The van der Waals surface area contributed by atoms with Crippen molar-refractivity contribution in [2.45, 2.75) is 6.92 Å². The lowest BCUT2D eigenvalue weighted by atomic mass is 10.3. The van der Waals surface area contributed by atoms with Gasteiger partial charge < -0.3 is 10.2 Å². The summed E-state index contributed by atoms with van der Waals surface area (Å²) in [6.07, 6.45) is 4.22. The summed E-state index contributed by atoms with van der Waals surface area (Å²) in [6.45, 7) is 1.77. The Hall–Kier alpha value is -1.78. The van der Waals surface area contributed by atoms with E-state index in [1.807, 2.05) is 0 Å². The maximum atomic E-state index is 6.98. The van der Waals surface area contributed by atoms with E-state index >= 15 is 0 Å². The van der Waals surface area contributed by atoms with Crippen molar-refractivity contribution in [2.75, 3.05) is 7.11 Å². The van der Waals surface area contributed by atoms with Crippen LogP contribution in [0.1, 0.15) is 18.3 Å². The van der Waals surface area contributed by atoms with Gasteiger partial charge in [-0.3, -0.25) is 4.98 Å². The van der Waals surface area contributed by atoms with Gasteiger partial charge in [0.05, 0.1) is 18.1 Å². The van der Waals surface area contributed by atoms with E-state index in [1.165, 1.54) is 13.3 Å². The number of hydrogen-bond donors (Lipinski definition) is 1. The summed E-state index contributed by atoms with van der Waals surface area (Å²) in [6, 6.07) is 0. The van der Waals surface area contributed by atoms with E-state index in [2.05, 4.69) is 20.0 Å². The number of hydrogen-bond acceptors (Lipinski definition) is 5. The Morgan fingerprint density at radius 3 is 3.00 bits per heavy atom. The van der Waals surface area contributed by atoms with E-state index < -0.39 is 0 Å². The first kappa shape index (κ1) is 9.31. The molecule has 0 spiro atoms. The van der Waals surface area contributed by atoms with Crippen molar-refractivity contribution in [3.05, 3.63) is 23.8 Å². The summed E-state index contributed by atoms with van der Waals surface area (Å²) < 4.78 is 0. The average Bonchev–Trinajstić information content (AvgIpc) is 2.18. The summed E-state index contributed by atoms with van der Waals surface area (Å²) in [5.74, 6) is 0. The maximum Gasteiger partial charge on any atom is 0.107 e. The zero-order chi connectivity index (χ0) is 9.68. The predicted octanol–water partition coefficient (Wildman–Crippen LogP) is 0.845. The van der Waals surface area contributed by atoms with Crippen LogP contribution in [0.15, 0.2) is 17.5 Å². The van der Waals surface area contributed by atoms with Gasteiger partial charge in [-0.15, -0.1) is 0 Å². The molecule has 13 heavy (non-hydrogen) atoms. The van der Waals surface area contributed by atoms with E-state index in [-0.39, 0.29) is 0 Å². The SMILES string of the molecule is CO/N=C(\C)c1cncc(C=N)n1. The van der Waals surface area contributed by atoms with Crippen LogP contribution in [0, 0.1) is 5.41 Å². The lowest BCUT2D eigenvalue weighted by molar-refractivity contribution is 0.213. The van der Waals surface area contributed by atoms with Crippen LogP contribution in [0.2, 0.25) is 0 Å². The van der Waals surface area contributed by atoms with Crippen LogP contribution < -0.4 is 0 Å². The second-order valence-electron chi connectivity index (χ2n) is 2.33. The van der Waals surface area contributed by atoms with Crippen LogP contribution in [0.4, 0.5) is 0 Å². The third kappa shape index (κ3) is 2.33. The molecule has 0 atom stereocenters. The van der Waals surface area contributed by atoms with Crippen LogP contribution in [-0.4, -0.2) is 29.0 Å². The van der Waals surface area contributed by atoms with Gasteiger partial charge >= 0.3 is 0 Å². The molecular formula is C8H10N4O. The molecule has 0 aliphatic heterocycles. The molecule has 0 bridgehead atoms. The number of nitrogens with one attached hydrogen (secondary N) is 1. The highest BCUT2D eigenvalue weighted by Gasteiger charge is 2.00. The Balaban J connectivity index is 3.01. The molecule has 0 saturated carbocycles. The molecular weight excluding hydrogens is 168 g/mol. The van der Waals surface area contributed by atoms with Crippen molar-refractivity contribution in [1.82, 2.24) is 9.97 Å². The van der Waals surface area contributed by atoms with Gasteiger partial charge in [-0.1, -0.05) is 5.16 Å². The van der Waals surface area contributed by atoms with Gasteiger partial charge in [0.25, 0.3) is 0 Å². The molecule has 1 heterocycles. The first-order chi connectivity index (χ1) is 6.27. The zero-order valence-electron chi connectivity index (χ0n) is 7.48. The van der Waals surface area contributed by atoms with Crippen molar-refractivity contribution >= 4 is 11.9 Å². The van der Waals surface area contributed by atoms with Crippen molar-refractivity contribution in [3.63, 3.8) is 0 Å². The van der Waals surface area contributed by atoms with Crippen LogP contribution in [0.5, 0.6) is 0 Å². The first-order valence-corrected chi connectivity index (χ1v) is 3.68. The number of aromatic nitrogens is 2. The normalized spacial score (nSPS) is 11.1. The molecule has 1 rings (SSSR count). The molecule has 0 aliphatic rings. The minimum Gasteiger partial charge on any atom is -0.399 e. The maximum absolute atomic E-state index is 6.98. The van der Waals surface area contributed by atoms with Gasteiger partial charge in [-0.2, -0.15) is 0 Å². The predicted molar refractivity (Wildman–Crippen MR) is 49.1 cm³/mol. The Bertz CT molecular complexity index is 335. The average molecular weight is 178 g/mol. The summed E-state index contributed by atoms with van der Waals surface area (Å²) >= 11 is 0. The van der Waals surface area contributed by atoms with Crippen LogP contribution in [-0.2, 0) is 4.84 Å². The Morgan fingerprint density at radius 2 is 2.38 bits per heavy atom. The standard InChI is InChI=1S/C8H10N4O/c1-6(12-13-2)8-5-10-4-7(3-9)11-8/h3-5,9H,1-2H3/b9-3?,12-6+. The summed E-state index contributed by atoms with van der Waals surface area (Å²) in [5.41, 5.74) is 1.75. The van der Waals surface area contributed by atoms with Gasteiger partial charge in [-0.05, 0) is 6.92 Å². The highest BCUT2D eigenvalue weighted by molar-refractivity contribution is 5.96. The number of nitrogens with zero attached hydrogens (tertiary/aromatic N) is 3. The molecule has 1 N–H and O–H groups in total. The van der Waals surface area contributed by atoms with Crippen molar-refractivity contribution in [2.24, 2.45) is 5.16 Å². The minimum atomic E-state index is 0.503. The van der Waals surface area contributed by atoms with E-state index in [0.29, 0.717) is 17.1 Å². The molecule has 68 valence electrons. The fourth-order valence-corrected chi connectivity index (χ4v) is 0.809. The van der Waals surface area contributed by atoms with E-state index in [9.17, 15) is 0 Å².